The van der Waals surface area contributed by atoms with Crippen LogP contribution in [0.25, 0.3) is 0 Å². The quantitative estimate of drug-likeness (QED) is 0.0378. The lowest BCUT2D eigenvalue weighted by Gasteiger charge is -2.24. The van der Waals surface area contributed by atoms with Gasteiger partial charge in [-0.1, -0.05) is 135 Å². The molecule has 1 amide bonds. The Morgan fingerprint density at radius 3 is 1.60 bits per heavy atom. The van der Waals surface area contributed by atoms with Gasteiger partial charge in [-0.05, 0) is 38.5 Å². The monoisotopic (exact) mass is 589 g/mol. The van der Waals surface area contributed by atoms with Gasteiger partial charge in [-0.25, -0.2) is 4.57 Å². The summed E-state index contributed by atoms with van der Waals surface area (Å²) in [5.41, 5.74) is 0. The van der Waals surface area contributed by atoms with Crippen LogP contribution in [-0.2, 0) is 13.9 Å². The molecule has 2 atom stereocenters. The molecule has 7 nitrogen and oxygen atoms in total. The van der Waals surface area contributed by atoms with Gasteiger partial charge < -0.3 is 20.2 Å². The number of allylic oxidation sites excluding steroid dienone is 2. The number of nitrogens with one attached hydrogen (secondary N) is 1. The summed E-state index contributed by atoms with van der Waals surface area (Å²) in [5, 5.41) is 13.4. The summed E-state index contributed by atoms with van der Waals surface area (Å²) in [6.45, 7) is 4.06. The fourth-order valence-electron chi connectivity index (χ4n) is 4.93. The predicted molar refractivity (Wildman–Crippen MR) is 167 cm³/mol. The van der Waals surface area contributed by atoms with E-state index >= 15 is 0 Å². The molecule has 0 fully saturated rings. The van der Waals surface area contributed by atoms with Crippen LogP contribution >= 0.6 is 7.82 Å². The second-order valence-electron chi connectivity index (χ2n) is 11.5. The molecule has 0 saturated heterocycles. The molecule has 0 aliphatic rings. The molecule has 238 valence electrons. The normalized spacial score (nSPS) is 13.6. The summed E-state index contributed by atoms with van der Waals surface area (Å²) >= 11 is 0. The second-order valence-corrected chi connectivity index (χ2v) is 12.7. The van der Waals surface area contributed by atoms with E-state index in [9.17, 15) is 14.5 Å². The van der Waals surface area contributed by atoms with Crippen LogP contribution in [-0.4, -0.2) is 39.6 Å². The van der Waals surface area contributed by atoms with Crippen molar-refractivity contribution < 1.29 is 28.8 Å². The van der Waals surface area contributed by atoms with Crippen LogP contribution in [0, 0.1) is 0 Å². The molecule has 4 N–H and O–H groups in total. The van der Waals surface area contributed by atoms with Crippen LogP contribution < -0.4 is 5.32 Å². The minimum Gasteiger partial charge on any atom is -0.391 e. The van der Waals surface area contributed by atoms with Crippen LogP contribution in [0.3, 0.4) is 0 Å². The average Bonchev–Trinajstić information content (AvgIpc) is 2.91. The lowest BCUT2D eigenvalue weighted by Crippen LogP contribution is -2.46. The Hall–Kier alpha value is -0.720. The summed E-state index contributed by atoms with van der Waals surface area (Å²) < 4.78 is 15.8. The van der Waals surface area contributed by atoms with E-state index in [1.807, 2.05) is 0 Å². The van der Waals surface area contributed by atoms with Crippen molar-refractivity contribution in [3.8, 4) is 0 Å². The molecular weight excluding hydrogens is 525 g/mol. The minimum absolute atomic E-state index is 0.205. The zero-order chi connectivity index (χ0) is 29.7. The van der Waals surface area contributed by atoms with Crippen LogP contribution in [0.4, 0.5) is 0 Å². The summed E-state index contributed by atoms with van der Waals surface area (Å²) in [7, 11) is -4.68. The number of unbranched alkanes of at least 4 members (excludes halogenated alkanes) is 19. The Morgan fingerprint density at radius 1 is 0.700 bits per heavy atom. The first-order valence-electron chi connectivity index (χ1n) is 16.6. The van der Waals surface area contributed by atoms with Gasteiger partial charge in [0.1, 0.15) is 0 Å². The molecule has 0 heterocycles. The van der Waals surface area contributed by atoms with Crippen molar-refractivity contribution >= 4 is 13.7 Å². The first-order valence-corrected chi connectivity index (χ1v) is 18.2. The Kier molecular flexibility index (Phi) is 27.9. The Morgan fingerprint density at radius 2 is 1.12 bits per heavy atom. The fourth-order valence-corrected chi connectivity index (χ4v) is 5.28. The van der Waals surface area contributed by atoms with E-state index in [2.05, 4.69) is 35.8 Å². The standard InChI is InChI=1S/C32H64NO6P/c1-3-5-7-9-11-13-14-15-16-17-18-20-22-24-26-28-32(35)33-30(29-39-40(36,37)38)31(34)27-25-23-21-19-12-10-8-6-4-2/h15-16,30-31,34H,3-14,17-29H2,1-2H3,(H,33,35)(H2,36,37,38)/b16-15+/t30-,31+/m0/s1. The van der Waals surface area contributed by atoms with E-state index in [4.69, 9.17) is 9.79 Å². The Labute approximate surface area is 246 Å². The number of aliphatic hydroxyl groups is 1. The van der Waals surface area contributed by atoms with Gasteiger partial charge in [0.05, 0.1) is 18.8 Å². The first-order chi connectivity index (χ1) is 19.3. The maximum absolute atomic E-state index is 12.5. The van der Waals surface area contributed by atoms with E-state index < -0.39 is 26.6 Å². The first kappa shape index (κ1) is 39.3. The summed E-state index contributed by atoms with van der Waals surface area (Å²) in [6, 6.07) is -0.822. The molecule has 0 saturated carbocycles. The fraction of sp³-hybridized carbons (Fsp3) is 0.906. The molecule has 0 radical (unpaired) electrons. The van der Waals surface area contributed by atoms with Crippen LogP contribution in [0.5, 0.6) is 0 Å². The van der Waals surface area contributed by atoms with Crippen molar-refractivity contribution in [2.45, 2.75) is 180 Å². The highest BCUT2D eigenvalue weighted by molar-refractivity contribution is 7.46. The predicted octanol–water partition coefficient (Wildman–Crippen LogP) is 8.90. The Balaban J connectivity index is 4.02. The molecule has 8 heteroatoms. The summed E-state index contributed by atoms with van der Waals surface area (Å²) in [5.74, 6) is -0.205. The summed E-state index contributed by atoms with van der Waals surface area (Å²) in [6.07, 6.45) is 30.5. The molecule has 0 rings (SSSR count). The molecule has 0 unspecified atom stereocenters. The molecule has 0 aliphatic carbocycles. The van der Waals surface area contributed by atoms with Crippen molar-refractivity contribution in [3.05, 3.63) is 12.2 Å². The minimum atomic E-state index is -4.68. The zero-order valence-corrected chi connectivity index (χ0v) is 26.9. The molecule has 0 spiro atoms. The number of phosphoric acid groups is 1. The molecular formula is C32H64NO6P. The maximum Gasteiger partial charge on any atom is 0.469 e. The van der Waals surface area contributed by atoms with Crippen LogP contribution in [0.1, 0.15) is 168 Å². The lowest BCUT2D eigenvalue weighted by atomic mass is 10.0. The number of phosphoric ester groups is 1. The lowest BCUT2D eigenvalue weighted by molar-refractivity contribution is -0.123. The highest BCUT2D eigenvalue weighted by Crippen LogP contribution is 2.36. The highest BCUT2D eigenvalue weighted by atomic mass is 31.2. The van der Waals surface area contributed by atoms with Gasteiger partial charge in [0.25, 0.3) is 0 Å². The zero-order valence-electron chi connectivity index (χ0n) is 26.0. The molecule has 0 aromatic rings. The SMILES string of the molecule is CCCCCCCC/C=C/CCCCCCCC(=O)N[C@@H](COP(=O)(O)O)[C@H](O)CCCCCCCCCCC. The van der Waals surface area contributed by atoms with Crippen molar-refractivity contribution in [2.24, 2.45) is 0 Å². The van der Waals surface area contributed by atoms with Gasteiger partial charge in [-0.3, -0.25) is 9.32 Å². The molecule has 0 aromatic heterocycles. The van der Waals surface area contributed by atoms with Crippen molar-refractivity contribution in [2.75, 3.05) is 6.61 Å². The van der Waals surface area contributed by atoms with E-state index in [0.717, 1.165) is 51.4 Å². The third kappa shape index (κ3) is 28.8. The average molecular weight is 590 g/mol. The van der Waals surface area contributed by atoms with Gasteiger partial charge in [0.15, 0.2) is 0 Å². The van der Waals surface area contributed by atoms with Crippen molar-refractivity contribution in [1.29, 1.82) is 0 Å². The number of carbonyl (C=O) groups is 1. The largest absolute Gasteiger partial charge is 0.469 e. The molecule has 0 aliphatic heterocycles. The second kappa shape index (κ2) is 28.4. The number of hydrogen-bond donors (Lipinski definition) is 4. The van der Waals surface area contributed by atoms with Crippen LogP contribution in [0.2, 0.25) is 0 Å². The smallest absolute Gasteiger partial charge is 0.391 e. The van der Waals surface area contributed by atoms with Crippen molar-refractivity contribution in [3.63, 3.8) is 0 Å². The molecule has 0 bridgehead atoms. The third-order valence-corrected chi connectivity index (χ3v) is 7.99. The van der Waals surface area contributed by atoms with Gasteiger partial charge in [-0.2, -0.15) is 0 Å². The van der Waals surface area contributed by atoms with Gasteiger partial charge in [-0.15, -0.1) is 0 Å². The van der Waals surface area contributed by atoms with Gasteiger partial charge in [0.2, 0.25) is 5.91 Å². The van der Waals surface area contributed by atoms with E-state index in [1.54, 1.807) is 0 Å². The Bertz CT molecular complexity index is 639. The van der Waals surface area contributed by atoms with E-state index in [0.29, 0.717) is 12.8 Å². The van der Waals surface area contributed by atoms with Crippen molar-refractivity contribution in [1.82, 2.24) is 5.32 Å². The number of carbonyl (C=O) groups excluding carboxylic acids is 1. The van der Waals surface area contributed by atoms with Gasteiger partial charge >= 0.3 is 7.82 Å². The van der Waals surface area contributed by atoms with E-state index in [1.165, 1.54) is 89.9 Å². The third-order valence-electron chi connectivity index (χ3n) is 7.50. The van der Waals surface area contributed by atoms with Gasteiger partial charge in [0, 0.05) is 6.42 Å². The number of rotatable bonds is 30. The number of aliphatic hydroxyl groups excluding tert-OH is 1. The number of amides is 1. The molecule has 0 aromatic carbocycles. The van der Waals surface area contributed by atoms with Crippen LogP contribution in [0.15, 0.2) is 12.2 Å². The number of hydrogen-bond acceptors (Lipinski definition) is 4. The topological polar surface area (TPSA) is 116 Å². The summed E-state index contributed by atoms with van der Waals surface area (Å²) in [4.78, 5) is 30.6. The molecule has 40 heavy (non-hydrogen) atoms. The maximum atomic E-state index is 12.5. The van der Waals surface area contributed by atoms with E-state index in [-0.39, 0.29) is 5.91 Å². The highest BCUT2D eigenvalue weighted by Gasteiger charge is 2.25.